The zero-order valence-corrected chi connectivity index (χ0v) is 21.5. The van der Waals surface area contributed by atoms with Crippen molar-refractivity contribution in [2.24, 2.45) is 0 Å². The van der Waals surface area contributed by atoms with Gasteiger partial charge in [0.05, 0.1) is 5.56 Å². The Morgan fingerprint density at radius 1 is 0.806 bits per heavy atom. The molecule has 2 aromatic carbocycles. The predicted molar refractivity (Wildman–Crippen MR) is 144 cm³/mol. The van der Waals surface area contributed by atoms with Gasteiger partial charge in [-0.1, -0.05) is 34.9 Å². The summed E-state index contributed by atoms with van der Waals surface area (Å²) < 4.78 is 6.22. The Balaban J connectivity index is 2.28. The molecule has 0 amide bonds. The highest BCUT2D eigenvalue weighted by atomic mass is 16.3. The van der Waals surface area contributed by atoms with E-state index in [4.69, 9.17) is 4.42 Å². The molecule has 0 unspecified atom stereocenters. The highest BCUT2D eigenvalue weighted by Gasteiger charge is 2.23. The number of fused-ring (bicyclic) bond motifs is 1. The summed E-state index contributed by atoms with van der Waals surface area (Å²) in [6.45, 7) is 9.92. The molecular weight excluding hydrogens is 456 g/mol. The smallest absolute Gasteiger partial charge is 0.200 e. The molecule has 0 radical (unpaired) electrons. The van der Waals surface area contributed by atoms with Crippen molar-refractivity contribution in [2.75, 3.05) is 0 Å². The van der Waals surface area contributed by atoms with Crippen LogP contribution in [-0.4, -0.2) is 20.4 Å². The second-order valence-electron chi connectivity index (χ2n) is 9.60. The SMILES string of the molecule is CC(C)=CCCC(C)=CCc1c(-c2ccc(O)cc2O)oc2c(CC=C(C)C)c(O)cc(O)c2c1=O. The standard InChI is InChI=1S/C30H34O6/c1-17(2)7-6-8-19(5)10-13-23-28(35)27-26(34)16-25(33)22(12-9-18(3)4)30(27)36-29(23)21-14-11-20(31)15-24(21)32/h7,9-11,14-16,31-34H,6,8,12-13H2,1-5H3. The van der Waals surface area contributed by atoms with Crippen molar-refractivity contribution in [1.29, 1.82) is 0 Å². The van der Waals surface area contributed by atoms with Crippen LogP contribution in [0.5, 0.6) is 23.0 Å². The van der Waals surface area contributed by atoms with Gasteiger partial charge < -0.3 is 24.8 Å². The molecule has 4 N–H and O–H groups in total. The predicted octanol–water partition coefficient (Wildman–Crippen LogP) is 7.03. The summed E-state index contributed by atoms with van der Waals surface area (Å²) >= 11 is 0. The Bertz CT molecular complexity index is 1430. The number of hydrogen-bond acceptors (Lipinski definition) is 6. The van der Waals surface area contributed by atoms with Gasteiger partial charge in [-0.3, -0.25) is 4.79 Å². The number of phenolic OH excluding ortho intramolecular Hbond substituents is 4. The van der Waals surface area contributed by atoms with Crippen LogP contribution in [0.3, 0.4) is 0 Å². The number of benzene rings is 2. The van der Waals surface area contributed by atoms with E-state index in [-0.39, 0.29) is 63.7 Å². The molecule has 1 heterocycles. The van der Waals surface area contributed by atoms with E-state index < -0.39 is 5.43 Å². The summed E-state index contributed by atoms with van der Waals surface area (Å²) in [5.41, 5.74) is 3.82. The molecule has 6 nitrogen and oxygen atoms in total. The molecule has 0 aliphatic carbocycles. The first kappa shape index (κ1) is 26.7. The first-order valence-electron chi connectivity index (χ1n) is 12.0. The Morgan fingerprint density at radius 3 is 2.11 bits per heavy atom. The molecule has 0 saturated carbocycles. The van der Waals surface area contributed by atoms with Gasteiger partial charge in [-0.15, -0.1) is 0 Å². The van der Waals surface area contributed by atoms with E-state index in [9.17, 15) is 25.2 Å². The molecule has 0 saturated heterocycles. The fourth-order valence-corrected chi connectivity index (χ4v) is 4.01. The minimum atomic E-state index is -0.442. The van der Waals surface area contributed by atoms with E-state index in [2.05, 4.69) is 6.08 Å². The highest BCUT2D eigenvalue weighted by molar-refractivity contribution is 5.90. The molecule has 190 valence electrons. The van der Waals surface area contributed by atoms with Gasteiger partial charge in [0.1, 0.15) is 39.7 Å². The molecule has 0 aliphatic rings. The van der Waals surface area contributed by atoms with Gasteiger partial charge in [0.25, 0.3) is 0 Å². The second kappa shape index (κ2) is 11.2. The zero-order chi connectivity index (χ0) is 26.6. The molecule has 0 fully saturated rings. The van der Waals surface area contributed by atoms with Gasteiger partial charge in [0.15, 0.2) is 0 Å². The van der Waals surface area contributed by atoms with Crippen LogP contribution < -0.4 is 5.43 Å². The average molecular weight is 491 g/mol. The summed E-state index contributed by atoms with van der Waals surface area (Å²) in [4.78, 5) is 13.8. The van der Waals surface area contributed by atoms with Gasteiger partial charge in [-0.2, -0.15) is 0 Å². The summed E-state index contributed by atoms with van der Waals surface area (Å²) in [6.07, 6.45) is 8.21. The van der Waals surface area contributed by atoms with Crippen molar-refractivity contribution in [2.45, 2.75) is 60.3 Å². The molecular formula is C30H34O6. The maximum absolute atomic E-state index is 13.8. The largest absolute Gasteiger partial charge is 0.508 e. The highest BCUT2D eigenvalue weighted by Crippen LogP contribution is 2.40. The van der Waals surface area contributed by atoms with Crippen molar-refractivity contribution < 1.29 is 24.8 Å². The summed E-state index contributed by atoms with van der Waals surface area (Å²) in [6, 6.07) is 5.21. The van der Waals surface area contributed by atoms with E-state index in [0.29, 0.717) is 5.56 Å². The van der Waals surface area contributed by atoms with Crippen molar-refractivity contribution in [3.63, 3.8) is 0 Å². The van der Waals surface area contributed by atoms with Crippen LogP contribution in [0.25, 0.3) is 22.3 Å². The summed E-state index contributed by atoms with van der Waals surface area (Å²) in [7, 11) is 0. The average Bonchev–Trinajstić information content (AvgIpc) is 2.77. The minimum Gasteiger partial charge on any atom is -0.508 e. The summed E-state index contributed by atoms with van der Waals surface area (Å²) in [5.74, 6) is -0.816. The molecule has 6 heteroatoms. The maximum Gasteiger partial charge on any atom is 0.200 e. The molecule has 0 aliphatic heterocycles. The molecule has 0 atom stereocenters. The van der Waals surface area contributed by atoms with Crippen molar-refractivity contribution in [1.82, 2.24) is 0 Å². The van der Waals surface area contributed by atoms with Crippen LogP contribution in [0.4, 0.5) is 0 Å². The van der Waals surface area contributed by atoms with Crippen molar-refractivity contribution in [3.8, 4) is 34.3 Å². The van der Waals surface area contributed by atoms with E-state index >= 15 is 0 Å². The van der Waals surface area contributed by atoms with Crippen LogP contribution in [-0.2, 0) is 12.8 Å². The Hall–Kier alpha value is -3.93. The monoisotopic (exact) mass is 490 g/mol. The van der Waals surface area contributed by atoms with Gasteiger partial charge in [0, 0.05) is 23.3 Å². The van der Waals surface area contributed by atoms with Crippen LogP contribution >= 0.6 is 0 Å². The first-order valence-corrected chi connectivity index (χ1v) is 12.0. The Labute approximate surface area is 211 Å². The first-order chi connectivity index (χ1) is 17.0. The third-order valence-corrected chi connectivity index (χ3v) is 6.01. The molecule has 0 bridgehead atoms. The van der Waals surface area contributed by atoms with Crippen molar-refractivity contribution >= 4 is 11.0 Å². The number of phenols is 4. The lowest BCUT2D eigenvalue weighted by molar-refractivity contribution is 0.447. The Kier molecular flexibility index (Phi) is 8.30. The van der Waals surface area contributed by atoms with Crippen LogP contribution in [0, 0.1) is 0 Å². The lowest BCUT2D eigenvalue weighted by Gasteiger charge is -2.14. The van der Waals surface area contributed by atoms with Crippen LogP contribution in [0.15, 0.2) is 68.4 Å². The molecule has 36 heavy (non-hydrogen) atoms. The quantitative estimate of drug-likeness (QED) is 0.252. The van der Waals surface area contributed by atoms with Crippen LogP contribution in [0.2, 0.25) is 0 Å². The lowest BCUT2D eigenvalue weighted by Crippen LogP contribution is -2.12. The van der Waals surface area contributed by atoms with Crippen LogP contribution in [0.1, 0.15) is 58.6 Å². The topological polar surface area (TPSA) is 111 Å². The van der Waals surface area contributed by atoms with Gasteiger partial charge in [-0.25, -0.2) is 0 Å². The third kappa shape index (κ3) is 6.00. The number of hydrogen-bond donors (Lipinski definition) is 4. The van der Waals surface area contributed by atoms with Gasteiger partial charge in [0.2, 0.25) is 5.43 Å². The van der Waals surface area contributed by atoms with Crippen molar-refractivity contribution in [3.05, 3.63) is 80.6 Å². The maximum atomic E-state index is 13.8. The lowest BCUT2D eigenvalue weighted by atomic mass is 9.97. The fraction of sp³-hybridized carbons (Fsp3) is 0.300. The molecule has 1 aromatic heterocycles. The zero-order valence-electron chi connectivity index (χ0n) is 21.5. The molecule has 0 spiro atoms. The van der Waals surface area contributed by atoms with Gasteiger partial charge >= 0.3 is 0 Å². The fourth-order valence-electron chi connectivity index (χ4n) is 4.01. The molecule has 3 aromatic rings. The second-order valence-corrected chi connectivity index (χ2v) is 9.60. The summed E-state index contributed by atoms with van der Waals surface area (Å²) in [5, 5.41) is 41.5. The van der Waals surface area contributed by atoms with E-state index in [1.807, 2.05) is 46.8 Å². The number of rotatable bonds is 8. The van der Waals surface area contributed by atoms with E-state index in [0.717, 1.165) is 30.1 Å². The third-order valence-electron chi connectivity index (χ3n) is 6.01. The minimum absolute atomic E-state index is 0.0161. The van der Waals surface area contributed by atoms with E-state index in [1.54, 1.807) is 0 Å². The van der Waals surface area contributed by atoms with E-state index in [1.165, 1.54) is 23.8 Å². The number of allylic oxidation sites excluding steroid dienone is 6. The number of aromatic hydroxyl groups is 4. The Morgan fingerprint density at radius 2 is 1.47 bits per heavy atom. The molecule has 3 rings (SSSR count). The normalized spacial score (nSPS) is 11.5. The van der Waals surface area contributed by atoms with Gasteiger partial charge in [-0.05, 0) is 72.4 Å².